The van der Waals surface area contributed by atoms with Gasteiger partial charge in [-0.25, -0.2) is 4.39 Å². The molecule has 2 aliphatic heterocycles. The molecule has 0 unspecified atom stereocenters. The molecular weight excluding hydrogens is 309 g/mol. The topological polar surface area (TPSA) is 52.7 Å². The minimum atomic E-state index is -0.619. The Balaban J connectivity index is 1.86. The van der Waals surface area contributed by atoms with Gasteiger partial charge in [0.25, 0.3) is 0 Å². The van der Waals surface area contributed by atoms with Crippen molar-refractivity contribution in [1.29, 1.82) is 0 Å². The number of piperazine rings is 1. The summed E-state index contributed by atoms with van der Waals surface area (Å²) in [5.41, 5.74) is -0.0383. The highest BCUT2D eigenvalue weighted by molar-refractivity contribution is 5.89. The molecule has 3 rings (SSSR count). The molecule has 24 heavy (non-hydrogen) atoms. The average Bonchev–Trinajstić information content (AvgIpc) is 2.58. The molecular formula is C18H24FN3O2. The number of hydrogen-bond donors (Lipinski definition) is 1. The fourth-order valence-electron chi connectivity index (χ4n) is 3.67. The second-order valence-corrected chi connectivity index (χ2v) is 6.93. The lowest BCUT2D eigenvalue weighted by molar-refractivity contribution is -0.149. The maximum atomic E-state index is 14.2. The van der Waals surface area contributed by atoms with Crippen LogP contribution in [-0.2, 0) is 16.0 Å². The summed E-state index contributed by atoms with van der Waals surface area (Å²) in [6.07, 6.45) is 1.77. The average molecular weight is 333 g/mol. The molecule has 0 saturated carbocycles. The van der Waals surface area contributed by atoms with E-state index in [-0.39, 0.29) is 24.2 Å². The number of benzene rings is 1. The number of likely N-dealkylation sites (tertiary alicyclic amines) is 1. The van der Waals surface area contributed by atoms with E-state index in [2.05, 4.69) is 10.2 Å². The zero-order valence-electron chi connectivity index (χ0n) is 14.1. The molecule has 2 saturated heterocycles. The van der Waals surface area contributed by atoms with Crippen molar-refractivity contribution >= 4 is 11.8 Å². The molecule has 2 fully saturated rings. The molecule has 0 bridgehead atoms. The van der Waals surface area contributed by atoms with Crippen LogP contribution < -0.4 is 5.32 Å². The summed E-state index contributed by atoms with van der Waals surface area (Å²) in [5.74, 6) is -0.391. The van der Waals surface area contributed by atoms with E-state index in [0.29, 0.717) is 37.9 Å². The standard InChI is InChI=1S/C18H24FN3O2/c1-21-9-6-18(7-10-21,12-14-4-2-3-5-15(14)19)17(24)22-11-8-20-16(23)13-22/h2-5H,6-13H2,1H3,(H,20,23). The van der Waals surface area contributed by atoms with Gasteiger partial charge in [0.2, 0.25) is 11.8 Å². The minimum Gasteiger partial charge on any atom is -0.353 e. The first kappa shape index (κ1) is 16.9. The minimum absolute atomic E-state index is 0.00583. The zero-order chi connectivity index (χ0) is 17.2. The molecule has 5 nitrogen and oxygen atoms in total. The number of carbonyl (C=O) groups excluding carboxylic acids is 2. The predicted octanol–water partition coefficient (Wildman–Crippen LogP) is 1.04. The van der Waals surface area contributed by atoms with Crippen molar-refractivity contribution in [3.8, 4) is 0 Å². The second kappa shape index (κ2) is 6.89. The summed E-state index contributed by atoms with van der Waals surface area (Å²) in [6, 6.07) is 6.67. The van der Waals surface area contributed by atoms with Gasteiger partial charge >= 0.3 is 0 Å². The van der Waals surface area contributed by atoms with Crippen molar-refractivity contribution in [3.05, 3.63) is 35.6 Å². The van der Waals surface area contributed by atoms with Gasteiger partial charge in [0.15, 0.2) is 0 Å². The Hall–Kier alpha value is -1.95. The van der Waals surface area contributed by atoms with Crippen molar-refractivity contribution in [1.82, 2.24) is 15.1 Å². The fraction of sp³-hybridized carbons (Fsp3) is 0.556. The highest BCUT2D eigenvalue weighted by Gasteiger charge is 2.44. The van der Waals surface area contributed by atoms with E-state index in [9.17, 15) is 14.0 Å². The lowest BCUT2D eigenvalue weighted by Crippen LogP contribution is -2.57. The summed E-state index contributed by atoms with van der Waals surface area (Å²) in [5, 5.41) is 2.75. The number of amides is 2. The summed E-state index contributed by atoms with van der Waals surface area (Å²) in [4.78, 5) is 28.7. The first-order valence-electron chi connectivity index (χ1n) is 8.48. The maximum absolute atomic E-state index is 14.2. The fourth-order valence-corrected chi connectivity index (χ4v) is 3.67. The number of nitrogens with one attached hydrogen (secondary N) is 1. The molecule has 6 heteroatoms. The first-order valence-corrected chi connectivity index (χ1v) is 8.48. The van der Waals surface area contributed by atoms with E-state index in [0.717, 1.165) is 13.1 Å². The summed E-state index contributed by atoms with van der Waals surface area (Å²) in [6.45, 7) is 2.73. The molecule has 2 amide bonds. The molecule has 0 aliphatic carbocycles. The summed E-state index contributed by atoms with van der Waals surface area (Å²) in [7, 11) is 2.03. The van der Waals surface area contributed by atoms with Gasteiger partial charge in [0.05, 0.1) is 12.0 Å². The Labute approximate surface area is 141 Å². The quantitative estimate of drug-likeness (QED) is 0.899. The SMILES string of the molecule is CN1CCC(Cc2ccccc2F)(C(=O)N2CCNC(=O)C2)CC1. The van der Waals surface area contributed by atoms with Crippen LogP contribution in [0.3, 0.4) is 0 Å². The Kier molecular flexibility index (Phi) is 4.85. The Bertz CT molecular complexity index is 626. The van der Waals surface area contributed by atoms with Gasteiger partial charge in [-0.2, -0.15) is 0 Å². The predicted molar refractivity (Wildman–Crippen MR) is 88.9 cm³/mol. The maximum Gasteiger partial charge on any atom is 0.239 e. The molecule has 1 N–H and O–H groups in total. The van der Waals surface area contributed by atoms with Crippen molar-refractivity contribution in [3.63, 3.8) is 0 Å². The van der Waals surface area contributed by atoms with Crippen LogP contribution in [0.15, 0.2) is 24.3 Å². The molecule has 0 radical (unpaired) electrons. The molecule has 0 aromatic heterocycles. The van der Waals surface area contributed by atoms with Crippen LogP contribution in [0.4, 0.5) is 4.39 Å². The zero-order valence-corrected chi connectivity index (χ0v) is 14.1. The van der Waals surface area contributed by atoms with Gasteiger partial charge in [-0.1, -0.05) is 18.2 Å². The summed E-state index contributed by atoms with van der Waals surface area (Å²) >= 11 is 0. The van der Waals surface area contributed by atoms with Gasteiger partial charge in [0, 0.05) is 13.1 Å². The van der Waals surface area contributed by atoms with Crippen molar-refractivity contribution in [2.75, 3.05) is 39.8 Å². The number of carbonyl (C=O) groups is 2. The van der Waals surface area contributed by atoms with Crippen LogP contribution in [0.2, 0.25) is 0 Å². The first-order chi connectivity index (χ1) is 11.5. The molecule has 2 aliphatic rings. The van der Waals surface area contributed by atoms with E-state index >= 15 is 0 Å². The van der Waals surface area contributed by atoms with Crippen LogP contribution in [0, 0.1) is 11.2 Å². The Morgan fingerprint density at radius 1 is 1.25 bits per heavy atom. The third kappa shape index (κ3) is 3.43. The lowest BCUT2D eigenvalue weighted by atomic mass is 9.72. The van der Waals surface area contributed by atoms with Crippen molar-refractivity contribution in [2.24, 2.45) is 5.41 Å². The van der Waals surface area contributed by atoms with E-state index in [1.165, 1.54) is 6.07 Å². The molecule has 2 heterocycles. The third-order valence-electron chi connectivity index (χ3n) is 5.21. The highest BCUT2D eigenvalue weighted by Crippen LogP contribution is 2.37. The number of rotatable bonds is 3. The van der Waals surface area contributed by atoms with Crippen molar-refractivity contribution in [2.45, 2.75) is 19.3 Å². The number of hydrogen-bond acceptors (Lipinski definition) is 3. The van der Waals surface area contributed by atoms with E-state index in [1.54, 1.807) is 23.1 Å². The van der Waals surface area contributed by atoms with Crippen molar-refractivity contribution < 1.29 is 14.0 Å². The molecule has 0 spiro atoms. The number of halogens is 1. The van der Waals surface area contributed by atoms with Gasteiger partial charge < -0.3 is 15.1 Å². The molecule has 130 valence electrons. The van der Waals surface area contributed by atoms with E-state index in [1.807, 2.05) is 7.05 Å². The normalized spacial score (nSPS) is 21.4. The van der Waals surface area contributed by atoms with Crippen LogP contribution in [0.1, 0.15) is 18.4 Å². The Morgan fingerprint density at radius 2 is 1.96 bits per heavy atom. The van der Waals surface area contributed by atoms with Crippen LogP contribution in [0.5, 0.6) is 0 Å². The monoisotopic (exact) mass is 333 g/mol. The second-order valence-electron chi connectivity index (χ2n) is 6.93. The smallest absolute Gasteiger partial charge is 0.239 e. The van der Waals surface area contributed by atoms with Gasteiger partial charge in [-0.15, -0.1) is 0 Å². The van der Waals surface area contributed by atoms with Gasteiger partial charge in [-0.3, -0.25) is 9.59 Å². The van der Waals surface area contributed by atoms with Crippen LogP contribution in [-0.4, -0.2) is 61.4 Å². The number of nitrogens with zero attached hydrogens (tertiary/aromatic N) is 2. The number of piperidine rings is 1. The molecule has 1 aromatic carbocycles. The lowest BCUT2D eigenvalue weighted by Gasteiger charge is -2.43. The van der Waals surface area contributed by atoms with E-state index < -0.39 is 5.41 Å². The Morgan fingerprint density at radius 3 is 2.62 bits per heavy atom. The van der Waals surface area contributed by atoms with Crippen LogP contribution in [0.25, 0.3) is 0 Å². The molecule has 1 aromatic rings. The van der Waals surface area contributed by atoms with Gasteiger partial charge in [-0.05, 0) is 51.0 Å². The summed E-state index contributed by atoms with van der Waals surface area (Å²) < 4.78 is 14.2. The van der Waals surface area contributed by atoms with E-state index in [4.69, 9.17) is 0 Å². The third-order valence-corrected chi connectivity index (χ3v) is 5.21. The van der Waals surface area contributed by atoms with Gasteiger partial charge in [0.1, 0.15) is 5.82 Å². The van der Waals surface area contributed by atoms with Crippen LogP contribution >= 0.6 is 0 Å². The highest BCUT2D eigenvalue weighted by atomic mass is 19.1. The molecule has 0 atom stereocenters. The largest absolute Gasteiger partial charge is 0.353 e.